The number of rotatable bonds is 5. The molecular formula is C21H24ClNO3. The van der Waals surface area contributed by atoms with Gasteiger partial charge in [0.15, 0.2) is 6.10 Å². The average molecular weight is 374 g/mol. The Morgan fingerprint density at radius 1 is 1.12 bits per heavy atom. The van der Waals surface area contributed by atoms with Gasteiger partial charge in [-0.1, -0.05) is 48.5 Å². The second-order valence-corrected chi connectivity index (χ2v) is 6.90. The molecule has 2 aromatic carbocycles. The van der Waals surface area contributed by atoms with Crippen LogP contribution in [0.2, 0.25) is 0 Å². The van der Waals surface area contributed by atoms with Crippen molar-refractivity contribution in [1.82, 2.24) is 5.32 Å². The number of hydrogen-bond donors (Lipinski definition) is 2. The van der Waals surface area contributed by atoms with Crippen LogP contribution in [0.15, 0.2) is 48.5 Å². The second-order valence-electron chi connectivity index (χ2n) is 6.90. The molecule has 1 unspecified atom stereocenters. The van der Waals surface area contributed by atoms with Crippen molar-refractivity contribution < 1.29 is 14.6 Å². The third kappa shape index (κ3) is 3.63. The van der Waals surface area contributed by atoms with Crippen molar-refractivity contribution in [1.29, 1.82) is 0 Å². The molecule has 0 bridgehead atoms. The second kappa shape index (κ2) is 8.21. The monoisotopic (exact) mass is 373 g/mol. The maximum absolute atomic E-state index is 12.2. The summed E-state index contributed by atoms with van der Waals surface area (Å²) >= 11 is 0. The largest absolute Gasteiger partial charge is 0.463 e. The lowest BCUT2D eigenvalue weighted by molar-refractivity contribution is -0.154. The van der Waals surface area contributed by atoms with E-state index in [2.05, 4.69) is 29.6 Å². The van der Waals surface area contributed by atoms with E-state index in [0.717, 1.165) is 19.4 Å². The molecule has 2 aliphatic rings. The van der Waals surface area contributed by atoms with Crippen molar-refractivity contribution >= 4 is 18.4 Å². The van der Waals surface area contributed by atoms with Crippen LogP contribution in [-0.4, -0.2) is 36.4 Å². The number of benzene rings is 2. The smallest absolute Gasteiger partial charge is 0.335 e. The Balaban J connectivity index is 0.00000196. The number of aliphatic hydroxyl groups is 1. The van der Waals surface area contributed by atoms with Crippen LogP contribution in [-0.2, 0) is 9.53 Å². The molecule has 0 radical (unpaired) electrons. The SMILES string of the molecule is Cl.O=C(OCC1c2ccccc2-c2ccccc21)[C@@H](O)CC1CCCN1. The average Bonchev–Trinajstić information content (AvgIpc) is 3.26. The molecule has 1 heterocycles. The van der Waals surface area contributed by atoms with E-state index in [1.54, 1.807) is 0 Å². The summed E-state index contributed by atoms with van der Waals surface area (Å²) in [4.78, 5) is 12.2. The van der Waals surface area contributed by atoms with Gasteiger partial charge in [-0.05, 0) is 48.1 Å². The zero-order valence-electron chi connectivity index (χ0n) is 14.6. The number of fused-ring (bicyclic) bond motifs is 3. The van der Waals surface area contributed by atoms with Gasteiger partial charge >= 0.3 is 5.97 Å². The van der Waals surface area contributed by atoms with Crippen molar-refractivity contribution in [2.75, 3.05) is 13.2 Å². The van der Waals surface area contributed by atoms with Crippen LogP contribution in [0, 0.1) is 0 Å². The topological polar surface area (TPSA) is 58.6 Å². The highest BCUT2D eigenvalue weighted by atomic mass is 35.5. The molecule has 2 atom stereocenters. The van der Waals surface area contributed by atoms with Crippen LogP contribution in [0.25, 0.3) is 11.1 Å². The number of ether oxygens (including phenoxy) is 1. The Kier molecular flexibility index (Phi) is 5.97. The summed E-state index contributed by atoms with van der Waals surface area (Å²) in [7, 11) is 0. The highest BCUT2D eigenvalue weighted by Gasteiger charge is 2.30. The fraction of sp³-hybridized carbons (Fsp3) is 0.381. The van der Waals surface area contributed by atoms with E-state index in [9.17, 15) is 9.90 Å². The van der Waals surface area contributed by atoms with Gasteiger partial charge in [0, 0.05) is 12.0 Å². The van der Waals surface area contributed by atoms with Gasteiger partial charge < -0.3 is 15.2 Å². The lowest BCUT2D eigenvalue weighted by Crippen LogP contribution is -2.33. The Labute approximate surface area is 160 Å². The minimum atomic E-state index is -1.05. The van der Waals surface area contributed by atoms with Gasteiger partial charge in [-0.15, -0.1) is 12.4 Å². The minimum absolute atomic E-state index is 0. The van der Waals surface area contributed by atoms with Gasteiger partial charge in [0.2, 0.25) is 0 Å². The minimum Gasteiger partial charge on any atom is -0.463 e. The lowest BCUT2D eigenvalue weighted by atomic mass is 9.98. The summed E-state index contributed by atoms with van der Waals surface area (Å²) in [6.45, 7) is 1.23. The first-order valence-corrected chi connectivity index (χ1v) is 9.00. The summed E-state index contributed by atoms with van der Waals surface area (Å²) < 4.78 is 5.50. The summed E-state index contributed by atoms with van der Waals surface area (Å²) in [5.74, 6) is -0.483. The van der Waals surface area contributed by atoms with E-state index in [0.29, 0.717) is 6.42 Å². The predicted octanol–water partition coefficient (Wildman–Crippen LogP) is 3.27. The first-order chi connectivity index (χ1) is 12.2. The molecular weight excluding hydrogens is 350 g/mol. The van der Waals surface area contributed by atoms with Crippen molar-refractivity contribution in [2.45, 2.75) is 37.3 Å². The molecule has 5 heteroatoms. The number of esters is 1. The number of halogens is 1. The fourth-order valence-electron chi connectivity index (χ4n) is 4.02. The van der Waals surface area contributed by atoms with Gasteiger partial charge in [0.05, 0.1) is 0 Å². The molecule has 4 nitrogen and oxygen atoms in total. The standard InChI is InChI=1S/C21H23NO3.ClH/c23-20(12-14-6-5-11-22-14)21(24)25-13-19-17-9-3-1-7-15(17)16-8-2-4-10-18(16)19;/h1-4,7-10,14,19-20,22-23H,5-6,11-13H2;1H/t14?,20-;/m0./s1. The maximum atomic E-state index is 12.2. The van der Waals surface area contributed by atoms with Crippen LogP contribution in [0.1, 0.15) is 36.3 Å². The summed E-state index contributed by atoms with van der Waals surface area (Å²) in [6, 6.07) is 16.7. The highest BCUT2D eigenvalue weighted by molar-refractivity contribution is 5.85. The van der Waals surface area contributed by atoms with Gasteiger partial charge in [0.25, 0.3) is 0 Å². The Bertz CT molecular complexity index is 728. The molecule has 2 N–H and O–H groups in total. The molecule has 0 saturated carbocycles. The molecule has 1 saturated heterocycles. The van der Waals surface area contributed by atoms with E-state index in [4.69, 9.17) is 4.74 Å². The molecule has 0 aromatic heterocycles. The lowest BCUT2D eigenvalue weighted by Gasteiger charge is -2.18. The molecule has 1 fully saturated rings. The third-order valence-corrected chi connectivity index (χ3v) is 5.30. The van der Waals surface area contributed by atoms with Crippen LogP contribution < -0.4 is 5.32 Å². The normalized spacial score (nSPS) is 19.3. The zero-order valence-corrected chi connectivity index (χ0v) is 15.4. The van der Waals surface area contributed by atoms with Crippen LogP contribution >= 0.6 is 12.4 Å². The fourth-order valence-corrected chi connectivity index (χ4v) is 4.02. The molecule has 2 aromatic rings. The number of hydrogen-bond acceptors (Lipinski definition) is 4. The molecule has 4 rings (SSSR count). The Morgan fingerprint density at radius 3 is 2.31 bits per heavy atom. The van der Waals surface area contributed by atoms with Gasteiger partial charge in [-0.2, -0.15) is 0 Å². The highest BCUT2D eigenvalue weighted by Crippen LogP contribution is 2.44. The summed E-state index contributed by atoms with van der Waals surface area (Å²) in [5, 5.41) is 13.4. The van der Waals surface area contributed by atoms with Gasteiger partial charge in [-0.3, -0.25) is 0 Å². The first-order valence-electron chi connectivity index (χ1n) is 9.00. The van der Waals surface area contributed by atoms with Gasteiger partial charge in [-0.25, -0.2) is 4.79 Å². The van der Waals surface area contributed by atoms with E-state index >= 15 is 0 Å². The van der Waals surface area contributed by atoms with Crippen LogP contribution in [0.3, 0.4) is 0 Å². The Hall–Kier alpha value is -1.88. The molecule has 26 heavy (non-hydrogen) atoms. The van der Waals surface area contributed by atoms with Crippen molar-refractivity contribution in [3.05, 3.63) is 59.7 Å². The quantitative estimate of drug-likeness (QED) is 0.790. The van der Waals surface area contributed by atoms with Gasteiger partial charge in [0.1, 0.15) is 6.61 Å². The summed E-state index contributed by atoms with van der Waals surface area (Å²) in [6.07, 6.45) is 1.48. The molecule has 1 aliphatic carbocycles. The maximum Gasteiger partial charge on any atom is 0.335 e. The number of carbonyl (C=O) groups excluding carboxylic acids is 1. The van der Waals surface area contributed by atoms with E-state index in [-0.39, 0.29) is 31.0 Å². The Morgan fingerprint density at radius 2 is 1.73 bits per heavy atom. The molecule has 0 spiro atoms. The van der Waals surface area contributed by atoms with E-state index in [1.165, 1.54) is 22.3 Å². The van der Waals surface area contributed by atoms with Crippen molar-refractivity contribution in [3.63, 3.8) is 0 Å². The number of carbonyl (C=O) groups is 1. The van der Waals surface area contributed by atoms with E-state index < -0.39 is 12.1 Å². The summed E-state index contributed by atoms with van der Waals surface area (Å²) in [5.41, 5.74) is 4.77. The van der Waals surface area contributed by atoms with Crippen LogP contribution in [0.5, 0.6) is 0 Å². The van der Waals surface area contributed by atoms with Crippen LogP contribution in [0.4, 0.5) is 0 Å². The first kappa shape index (κ1) is 18.9. The molecule has 0 amide bonds. The van der Waals surface area contributed by atoms with Crippen molar-refractivity contribution in [3.8, 4) is 11.1 Å². The third-order valence-electron chi connectivity index (χ3n) is 5.30. The number of nitrogens with one attached hydrogen (secondary N) is 1. The predicted molar refractivity (Wildman–Crippen MR) is 104 cm³/mol. The van der Waals surface area contributed by atoms with E-state index in [1.807, 2.05) is 24.3 Å². The zero-order chi connectivity index (χ0) is 17.2. The molecule has 138 valence electrons. The number of aliphatic hydroxyl groups excluding tert-OH is 1. The molecule has 1 aliphatic heterocycles. The van der Waals surface area contributed by atoms with Crippen molar-refractivity contribution in [2.24, 2.45) is 0 Å².